The molecular weight excluding hydrogens is 250 g/mol. The molecule has 0 aliphatic heterocycles. The fraction of sp³-hybridized carbons (Fsp3) is 0.308. The molecule has 15 heavy (non-hydrogen) atoms. The minimum Gasteiger partial charge on any atom is -0.253 e. The van der Waals surface area contributed by atoms with Crippen molar-refractivity contribution in [3.8, 4) is 0 Å². The summed E-state index contributed by atoms with van der Waals surface area (Å²) in [6.45, 7) is 4.43. The molecule has 78 valence electrons. The van der Waals surface area contributed by atoms with Crippen LogP contribution in [0.5, 0.6) is 0 Å². The normalized spacial score (nSPS) is 11.2. The summed E-state index contributed by atoms with van der Waals surface area (Å²) in [6.07, 6.45) is 1.04. The molecule has 2 aromatic rings. The van der Waals surface area contributed by atoms with Crippen molar-refractivity contribution in [2.45, 2.75) is 20.3 Å². The summed E-state index contributed by atoms with van der Waals surface area (Å²) in [5, 5.41) is 1.20. The summed E-state index contributed by atoms with van der Waals surface area (Å²) >= 11 is 3.47. The first-order chi connectivity index (χ1) is 7.15. The Kier molecular flexibility index (Phi) is 3.06. The molecule has 0 radical (unpaired) electrons. The van der Waals surface area contributed by atoms with Gasteiger partial charge in [-0.25, -0.2) is 0 Å². The Bertz CT molecular complexity index is 477. The molecule has 2 rings (SSSR count). The highest BCUT2D eigenvalue weighted by molar-refractivity contribution is 9.10. The number of hydrogen-bond donors (Lipinski definition) is 0. The lowest BCUT2D eigenvalue weighted by Gasteiger charge is -2.05. The van der Waals surface area contributed by atoms with E-state index in [9.17, 15) is 0 Å². The summed E-state index contributed by atoms with van der Waals surface area (Å²) in [7, 11) is 0. The van der Waals surface area contributed by atoms with Crippen molar-refractivity contribution in [3.05, 3.63) is 40.5 Å². The zero-order valence-corrected chi connectivity index (χ0v) is 10.6. The zero-order chi connectivity index (χ0) is 10.8. The third-order valence-electron chi connectivity index (χ3n) is 2.33. The van der Waals surface area contributed by atoms with E-state index in [1.54, 1.807) is 0 Å². The first kappa shape index (κ1) is 10.6. The molecule has 0 aliphatic rings. The van der Waals surface area contributed by atoms with Crippen molar-refractivity contribution < 1.29 is 0 Å². The molecule has 0 bridgehead atoms. The number of benzene rings is 1. The maximum atomic E-state index is 4.65. The second kappa shape index (κ2) is 4.31. The fourth-order valence-corrected chi connectivity index (χ4v) is 2.01. The number of rotatable bonds is 2. The number of nitrogens with zero attached hydrogens (tertiary/aromatic N) is 1. The molecule has 1 heterocycles. The van der Waals surface area contributed by atoms with Gasteiger partial charge in [0, 0.05) is 15.6 Å². The van der Waals surface area contributed by atoms with E-state index in [1.807, 2.05) is 6.07 Å². The van der Waals surface area contributed by atoms with E-state index in [-0.39, 0.29) is 0 Å². The first-order valence-corrected chi connectivity index (χ1v) is 5.99. The maximum Gasteiger partial charge on any atom is 0.0716 e. The van der Waals surface area contributed by atoms with Gasteiger partial charge in [-0.3, -0.25) is 4.98 Å². The number of halogens is 1. The van der Waals surface area contributed by atoms with Gasteiger partial charge in [-0.1, -0.05) is 41.9 Å². The lowest BCUT2D eigenvalue weighted by molar-refractivity contribution is 0.637. The molecule has 2 heteroatoms. The lowest BCUT2D eigenvalue weighted by Crippen LogP contribution is -1.97. The molecule has 1 nitrogen and oxygen atoms in total. The number of hydrogen-bond acceptors (Lipinski definition) is 1. The molecule has 0 saturated carbocycles. The van der Waals surface area contributed by atoms with Crippen molar-refractivity contribution in [3.63, 3.8) is 0 Å². The number of fused-ring (bicyclic) bond motifs is 1. The van der Waals surface area contributed by atoms with Crippen molar-refractivity contribution >= 4 is 26.8 Å². The van der Waals surface area contributed by atoms with Gasteiger partial charge in [0.2, 0.25) is 0 Å². The van der Waals surface area contributed by atoms with Gasteiger partial charge < -0.3 is 0 Å². The molecule has 1 aromatic carbocycles. The second-order valence-electron chi connectivity index (χ2n) is 4.24. The van der Waals surface area contributed by atoms with Crippen molar-refractivity contribution in [2.24, 2.45) is 5.92 Å². The Balaban J connectivity index is 2.45. The standard InChI is InChI=1S/C13H14BrN/c1-9(2)7-12-6-4-10-3-5-11(14)8-13(10)15-12/h3-6,8-9H,7H2,1-2H3. The minimum absolute atomic E-state index is 0.655. The van der Waals surface area contributed by atoms with Crippen LogP contribution in [0.25, 0.3) is 10.9 Å². The van der Waals surface area contributed by atoms with Gasteiger partial charge in [0.25, 0.3) is 0 Å². The van der Waals surface area contributed by atoms with Gasteiger partial charge in [0.05, 0.1) is 5.52 Å². The van der Waals surface area contributed by atoms with Gasteiger partial charge >= 0.3 is 0 Å². The molecule has 0 spiro atoms. The highest BCUT2D eigenvalue weighted by Crippen LogP contribution is 2.19. The van der Waals surface area contributed by atoms with Crippen molar-refractivity contribution in [1.29, 1.82) is 0 Å². The van der Waals surface area contributed by atoms with Crippen molar-refractivity contribution in [2.75, 3.05) is 0 Å². The zero-order valence-electron chi connectivity index (χ0n) is 9.00. The number of pyridine rings is 1. The van der Waals surface area contributed by atoms with Gasteiger partial charge in [0.15, 0.2) is 0 Å². The van der Waals surface area contributed by atoms with Crippen LogP contribution in [0.1, 0.15) is 19.5 Å². The summed E-state index contributed by atoms with van der Waals surface area (Å²) in [6, 6.07) is 10.5. The minimum atomic E-state index is 0.655. The Labute approximate surface area is 98.7 Å². The molecular formula is C13H14BrN. The van der Waals surface area contributed by atoms with E-state index < -0.39 is 0 Å². The Morgan fingerprint density at radius 2 is 1.93 bits per heavy atom. The van der Waals surface area contributed by atoms with Crippen molar-refractivity contribution in [1.82, 2.24) is 4.98 Å². The molecule has 0 unspecified atom stereocenters. The van der Waals surface area contributed by atoms with Gasteiger partial charge in [-0.15, -0.1) is 0 Å². The van der Waals surface area contributed by atoms with E-state index in [4.69, 9.17) is 0 Å². The van der Waals surface area contributed by atoms with Crippen LogP contribution in [-0.4, -0.2) is 4.98 Å². The molecule has 1 aromatic heterocycles. The molecule has 0 fully saturated rings. The van der Waals surface area contributed by atoms with Crippen LogP contribution >= 0.6 is 15.9 Å². The summed E-state index contributed by atoms with van der Waals surface area (Å²) in [4.78, 5) is 4.65. The quantitative estimate of drug-likeness (QED) is 0.792. The van der Waals surface area contributed by atoms with E-state index in [1.165, 1.54) is 11.1 Å². The predicted octanol–water partition coefficient (Wildman–Crippen LogP) is 4.20. The molecule has 0 saturated heterocycles. The fourth-order valence-electron chi connectivity index (χ4n) is 1.66. The van der Waals surface area contributed by atoms with Crippen LogP contribution in [0.15, 0.2) is 34.8 Å². The topological polar surface area (TPSA) is 12.9 Å². The SMILES string of the molecule is CC(C)Cc1ccc2ccc(Br)cc2n1. The Morgan fingerprint density at radius 3 is 2.67 bits per heavy atom. The maximum absolute atomic E-state index is 4.65. The monoisotopic (exact) mass is 263 g/mol. The summed E-state index contributed by atoms with van der Waals surface area (Å²) < 4.78 is 1.09. The first-order valence-electron chi connectivity index (χ1n) is 5.20. The average molecular weight is 264 g/mol. The third-order valence-corrected chi connectivity index (χ3v) is 2.82. The predicted molar refractivity (Wildman–Crippen MR) is 68.0 cm³/mol. The number of aromatic nitrogens is 1. The van der Waals surface area contributed by atoms with Crippen LogP contribution in [0.4, 0.5) is 0 Å². The van der Waals surface area contributed by atoms with Gasteiger partial charge in [-0.2, -0.15) is 0 Å². The smallest absolute Gasteiger partial charge is 0.0716 e. The van der Waals surface area contributed by atoms with Gasteiger partial charge in [0.1, 0.15) is 0 Å². The summed E-state index contributed by atoms with van der Waals surface area (Å²) in [5.74, 6) is 0.655. The summed E-state index contributed by atoms with van der Waals surface area (Å²) in [5.41, 5.74) is 2.25. The van der Waals surface area contributed by atoms with E-state index in [0.29, 0.717) is 5.92 Å². The molecule has 0 aliphatic carbocycles. The molecule has 0 N–H and O–H groups in total. The van der Waals surface area contributed by atoms with Crippen LogP contribution in [-0.2, 0) is 6.42 Å². The highest BCUT2D eigenvalue weighted by Gasteiger charge is 2.01. The Morgan fingerprint density at radius 1 is 1.20 bits per heavy atom. The lowest BCUT2D eigenvalue weighted by atomic mass is 10.1. The second-order valence-corrected chi connectivity index (χ2v) is 5.15. The van der Waals surface area contributed by atoms with E-state index in [2.05, 4.69) is 59.0 Å². The van der Waals surface area contributed by atoms with Crippen LogP contribution in [0.2, 0.25) is 0 Å². The third kappa shape index (κ3) is 2.57. The average Bonchev–Trinajstić information content (AvgIpc) is 2.16. The van der Waals surface area contributed by atoms with Gasteiger partial charge in [-0.05, 0) is 30.5 Å². The molecule has 0 amide bonds. The largest absolute Gasteiger partial charge is 0.253 e. The van der Waals surface area contributed by atoms with E-state index in [0.717, 1.165) is 16.4 Å². The Hall–Kier alpha value is -0.890. The van der Waals surface area contributed by atoms with E-state index >= 15 is 0 Å². The highest BCUT2D eigenvalue weighted by atomic mass is 79.9. The van der Waals surface area contributed by atoms with Crippen LogP contribution in [0.3, 0.4) is 0 Å². The molecule has 0 atom stereocenters. The van der Waals surface area contributed by atoms with Crippen LogP contribution < -0.4 is 0 Å². The van der Waals surface area contributed by atoms with Crippen LogP contribution in [0, 0.1) is 5.92 Å².